The molecular formula is C12H20N2O5S2. The smallest absolute Gasteiger partial charge is 0.244 e. The number of hydrogen-bond donors (Lipinski definition) is 2. The average Bonchev–Trinajstić information content (AvgIpc) is 2.40. The molecule has 0 atom stereocenters. The zero-order valence-corrected chi connectivity index (χ0v) is 13.6. The molecule has 0 radical (unpaired) electrons. The third-order valence-corrected chi connectivity index (χ3v) is 5.89. The van der Waals surface area contributed by atoms with E-state index in [4.69, 9.17) is 10.5 Å². The van der Waals surface area contributed by atoms with Gasteiger partial charge < -0.3 is 10.5 Å². The lowest BCUT2D eigenvalue weighted by Gasteiger charge is -2.12. The molecule has 0 aliphatic rings. The molecule has 0 aromatic heterocycles. The Labute approximate surface area is 125 Å². The standard InChI is InChI=1S/C12H20N2O5S2/c1-3-19-11-6-5-10(13)9-12(11)21(17,18)14-7-8-20(15,16)4-2/h5-6,9,14H,3-4,7-8,13H2,1-2H3. The topological polar surface area (TPSA) is 116 Å². The van der Waals surface area contributed by atoms with Gasteiger partial charge in [-0.05, 0) is 25.1 Å². The van der Waals surface area contributed by atoms with Gasteiger partial charge in [0.15, 0.2) is 9.84 Å². The average molecular weight is 336 g/mol. The van der Waals surface area contributed by atoms with Gasteiger partial charge in [0, 0.05) is 18.0 Å². The van der Waals surface area contributed by atoms with Crippen molar-refractivity contribution in [3.8, 4) is 5.75 Å². The van der Waals surface area contributed by atoms with E-state index in [1.807, 2.05) is 0 Å². The first kappa shape index (κ1) is 17.7. The van der Waals surface area contributed by atoms with E-state index in [2.05, 4.69) is 4.72 Å². The van der Waals surface area contributed by atoms with Gasteiger partial charge in [0.25, 0.3) is 0 Å². The fraction of sp³-hybridized carbons (Fsp3) is 0.500. The van der Waals surface area contributed by atoms with Crippen LogP contribution in [0.2, 0.25) is 0 Å². The summed E-state index contributed by atoms with van der Waals surface area (Å²) in [5.74, 6) is -0.107. The molecule has 0 fully saturated rings. The first-order valence-electron chi connectivity index (χ1n) is 6.44. The summed E-state index contributed by atoms with van der Waals surface area (Å²) in [7, 11) is -7.12. The van der Waals surface area contributed by atoms with Crippen LogP contribution in [0.3, 0.4) is 0 Å². The Morgan fingerprint density at radius 2 is 1.86 bits per heavy atom. The molecule has 0 bridgehead atoms. The van der Waals surface area contributed by atoms with Crippen molar-refractivity contribution < 1.29 is 21.6 Å². The lowest BCUT2D eigenvalue weighted by molar-refractivity contribution is 0.331. The molecule has 0 unspecified atom stereocenters. The van der Waals surface area contributed by atoms with Crippen LogP contribution in [0.15, 0.2) is 23.1 Å². The van der Waals surface area contributed by atoms with Crippen molar-refractivity contribution in [3.05, 3.63) is 18.2 Å². The molecule has 7 nitrogen and oxygen atoms in total. The minimum absolute atomic E-state index is 0.0305. The number of anilines is 1. The van der Waals surface area contributed by atoms with E-state index in [1.54, 1.807) is 6.92 Å². The Morgan fingerprint density at radius 3 is 2.43 bits per heavy atom. The second kappa shape index (κ2) is 7.10. The normalized spacial score (nSPS) is 12.3. The summed E-state index contributed by atoms with van der Waals surface area (Å²) in [5, 5.41) is 0. The number of nitrogens with one attached hydrogen (secondary N) is 1. The highest BCUT2D eigenvalue weighted by Gasteiger charge is 2.20. The largest absolute Gasteiger partial charge is 0.492 e. The summed E-state index contributed by atoms with van der Waals surface area (Å²) in [4.78, 5) is -0.0988. The molecule has 21 heavy (non-hydrogen) atoms. The maximum Gasteiger partial charge on any atom is 0.244 e. The molecular weight excluding hydrogens is 316 g/mol. The van der Waals surface area contributed by atoms with E-state index in [0.717, 1.165) is 0 Å². The van der Waals surface area contributed by atoms with E-state index >= 15 is 0 Å². The van der Waals surface area contributed by atoms with Crippen LogP contribution in [-0.4, -0.2) is 41.5 Å². The molecule has 0 heterocycles. The van der Waals surface area contributed by atoms with Gasteiger partial charge in [-0.25, -0.2) is 21.6 Å². The SMILES string of the molecule is CCOc1ccc(N)cc1S(=O)(=O)NCCS(=O)(=O)CC. The van der Waals surface area contributed by atoms with Crippen molar-refractivity contribution in [2.75, 3.05) is 30.4 Å². The molecule has 0 saturated heterocycles. The van der Waals surface area contributed by atoms with E-state index in [1.165, 1.54) is 25.1 Å². The van der Waals surface area contributed by atoms with Crippen LogP contribution < -0.4 is 15.2 Å². The molecule has 9 heteroatoms. The zero-order valence-electron chi connectivity index (χ0n) is 12.0. The summed E-state index contributed by atoms with van der Waals surface area (Å²) in [5.41, 5.74) is 5.87. The van der Waals surface area contributed by atoms with Crippen molar-refractivity contribution in [3.63, 3.8) is 0 Å². The predicted molar refractivity (Wildman–Crippen MR) is 81.5 cm³/mol. The van der Waals surface area contributed by atoms with Crippen LogP contribution in [0.4, 0.5) is 5.69 Å². The van der Waals surface area contributed by atoms with Crippen molar-refractivity contribution in [1.29, 1.82) is 0 Å². The molecule has 1 aromatic rings. The molecule has 0 spiro atoms. The number of nitrogen functional groups attached to an aromatic ring is 1. The van der Waals surface area contributed by atoms with E-state index in [9.17, 15) is 16.8 Å². The van der Waals surface area contributed by atoms with Gasteiger partial charge in [0.2, 0.25) is 10.0 Å². The summed E-state index contributed by atoms with van der Waals surface area (Å²) >= 11 is 0. The number of hydrogen-bond acceptors (Lipinski definition) is 6. The molecule has 0 saturated carbocycles. The van der Waals surface area contributed by atoms with Gasteiger partial charge in [-0.1, -0.05) is 6.92 Å². The highest BCUT2D eigenvalue weighted by molar-refractivity contribution is 7.91. The Morgan fingerprint density at radius 1 is 1.19 bits per heavy atom. The molecule has 120 valence electrons. The van der Waals surface area contributed by atoms with Gasteiger partial charge in [0.1, 0.15) is 10.6 Å². The summed E-state index contributed by atoms with van der Waals surface area (Å²) in [6.45, 7) is 3.35. The summed E-state index contributed by atoms with van der Waals surface area (Å²) in [6.07, 6.45) is 0. The van der Waals surface area contributed by atoms with Crippen molar-refractivity contribution in [2.24, 2.45) is 0 Å². The predicted octanol–water partition coefficient (Wildman–Crippen LogP) is 0.380. The lowest BCUT2D eigenvalue weighted by Crippen LogP contribution is -2.30. The number of benzene rings is 1. The number of sulfone groups is 1. The maximum atomic E-state index is 12.2. The van der Waals surface area contributed by atoms with Crippen molar-refractivity contribution in [1.82, 2.24) is 4.72 Å². The van der Waals surface area contributed by atoms with Crippen LogP contribution in [0.25, 0.3) is 0 Å². The molecule has 1 aromatic carbocycles. The van der Waals surface area contributed by atoms with Gasteiger partial charge >= 0.3 is 0 Å². The van der Waals surface area contributed by atoms with Crippen LogP contribution >= 0.6 is 0 Å². The molecule has 3 N–H and O–H groups in total. The van der Waals surface area contributed by atoms with Gasteiger partial charge in [0.05, 0.1) is 12.4 Å². The minimum Gasteiger partial charge on any atom is -0.492 e. The second-order valence-corrected chi connectivity index (χ2v) is 8.48. The first-order chi connectivity index (χ1) is 9.72. The Kier molecular flexibility index (Phi) is 5.99. The van der Waals surface area contributed by atoms with Crippen LogP contribution in [0, 0.1) is 0 Å². The number of ether oxygens (including phenoxy) is 1. The number of nitrogens with two attached hydrogens (primary N) is 1. The van der Waals surface area contributed by atoms with E-state index in [0.29, 0.717) is 6.61 Å². The monoisotopic (exact) mass is 336 g/mol. The lowest BCUT2D eigenvalue weighted by atomic mass is 10.3. The van der Waals surface area contributed by atoms with Gasteiger partial charge in [-0.15, -0.1) is 0 Å². The summed E-state index contributed by atoms with van der Waals surface area (Å²) in [6, 6.07) is 4.28. The Hall–Kier alpha value is -1.32. The van der Waals surface area contributed by atoms with Crippen molar-refractivity contribution in [2.45, 2.75) is 18.7 Å². The second-order valence-electron chi connectivity index (χ2n) is 4.27. The Bertz CT molecular complexity index is 684. The van der Waals surface area contributed by atoms with Crippen LogP contribution in [-0.2, 0) is 19.9 Å². The third kappa shape index (κ3) is 5.18. The van der Waals surface area contributed by atoms with E-state index in [-0.39, 0.29) is 34.4 Å². The van der Waals surface area contributed by atoms with Gasteiger partial charge in [-0.2, -0.15) is 0 Å². The molecule has 0 aliphatic carbocycles. The van der Waals surface area contributed by atoms with Crippen molar-refractivity contribution >= 4 is 25.5 Å². The Balaban J connectivity index is 2.95. The summed E-state index contributed by atoms with van der Waals surface area (Å²) < 4.78 is 54.7. The number of rotatable bonds is 8. The first-order valence-corrected chi connectivity index (χ1v) is 9.74. The third-order valence-electron chi connectivity index (χ3n) is 2.70. The fourth-order valence-electron chi connectivity index (χ4n) is 1.56. The number of sulfonamides is 1. The highest BCUT2D eigenvalue weighted by atomic mass is 32.2. The van der Waals surface area contributed by atoms with Crippen LogP contribution in [0.1, 0.15) is 13.8 Å². The molecule has 0 aliphatic heterocycles. The molecule has 0 amide bonds. The maximum absolute atomic E-state index is 12.2. The quantitative estimate of drug-likeness (QED) is 0.663. The van der Waals surface area contributed by atoms with E-state index < -0.39 is 19.9 Å². The zero-order chi connectivity index (χ0) is 16.1. The van der Waals surface area contributed by atoms with Crippen LogP contribution in [0.5, 0.6) is 5.75 Å². The van der Waals surface area contributed by atoms with Gasteiger partial charge in [-0.3, -0.25) is 0 Å². The minimum atomic E-state index is -3.89. The molecule has 1 rings (SSSR count). The highest BCUT2D eigenvalue weighted by Crippen LogP contribution is 2.26. The fourth-order valence-corrected chi connectivity index (χ4v) is 3.60.